The second kappa shape index (κ2) is 4.52. The standard InChI is InChI=1S/C12H22N2O/c1-9-4-3-5-14(8-9)12(15)11-7-13-6-10(11)2/h9-11,13H,3-8H2,1-2H3/t9?,10-,11-/m1/s1. The van der Waals surface area contributed by atoms with E-state index in [2.05, 4.69) is 24.1 Å². The van der Waals surface area contributed by atoms with E-state index in [1.807, 2.05) is 0 Å². The van der Waals surface area contributed by atoms with E-state index in [1.165, 1.54) is 12.8 Å². The molecule has 0 aromatic rings. The number of amides is 1. The maximum Gasteiger partial charge on any atom is 0.227 e. The van der Waals surface area contributed by atoms with Crippen LogP contribution in [0.25, 0.3) is 0 Å². The molecule has 2 aliphatic rings. The van der Waals surface area contributed by atoms with Crippen molar-refractivity contribution in [2.75, 3.05) is 26.2 Å². The van der Waals surface area contributed by atoms with Crippen molar-refractivity contribution < 1.29 is 4.79 Å². The molecule has 1 amide bonds. The van der Waals surface area contributed by atoms with Crippen LogP contribution >= 0.6 is 0 Å². The van der Waals surface area contributed by atoms with Gasteiger partial charge in [-0.2, -0.15) is 0 Å². The Hall–Kier alpha value is -0.570. The van der Waals surface area contributed by atoms with Gasteiger partial charge in [-0.15, -0.1) is 0 Å². The first-order valence-corrected chi connectivity index (χ1v) is 6.18. The maximum atomic E-state index is 12.2. The first-order chi connectivity index (χ1) is 7.18. The molecular formula is C12H22N2O. The predicted molar refractivity (Wildman–Crippen MR) is 60.5 cm³/mol. The van der Waals surface area contributed by atoms with Crippen LogP contribution in [-0.4, -0.2) is 37.0 Å². The Labute approximate surface area is 92.2 Å². The highest BCUT2D eigenvalue weighted by molar-refractivity contribution is 5.79. The summed E-state index contributed by atoms with van der Waals surface area (Å²) in [6.45, 7) is 8.25. The maximum absolute atomic E-state index is 12.2. The summed E-state index contributed by atoms with van der Waals surface area (Å²) >= 11 is 0. The van der Waals surface area contributed by atoms with Crippen LogP contribution in [-0.2, 0) is 4.79 Å². The SMILES string of the molecule is CC1CCCN(C(=O)[C@@H]2CNC[C@H]2C)C1. The lowest BCUT2D eigenvalue weighted by atomic mass is 9.94. The average Bonchev–Trinajstić information content (AvgIpc) is 2.63. The van der Waals surface area contributed by atoms with Crippen molar-refractivity contribution >= 4 is 5.91 Å². The number of nitrogens with zero attached hydrogens (tertiary/aromatic N) is 1. The number of nitrogens with one attached hydrogen (secondary N) is 1. The molecule has 0 aromatic heterocycles. The molecule has 1 unspecified atom stereocenters. The Kier molecular flexibility index (Phi) is 3.29. The zero-order chi connectivity index (χ0) is 10.8. The highest BCUT2D eigenvalue weighted by Crippen LogP contribution is 2.22. The zero-order valence-corrected chi connectivity index (χ0v) is 9.83. The summed E-state index contributed by atoms with van der Waals surface area (Å²) in [5.74, 6) is 1.82. The summed E-state index contributed by atoms with van der Waals surface area (Å²) in [5, 5.41) is 3.31. The Morgan fingerprint density at radius 3 is 2.73 bits per heavy atom. The van der Waals surface area contributed by atoms with Gasteiger partial charge in [-0.05, 0) is 31.2 Å². The van der Waals surface area contributed by atoms with Crippen molar-refractivity contribution in [3.63, 3.8) is 0 Å². The summed E-state index contributed by atoms with van der Waals surface area (Å²) in [6, 6.07) is 0. The molecule has 3 nitrogen and oxygen atoms in total. The van der Waals surface area contributed by atoms with Gasteiger partial charge in [0.15, 0.2) is 0 Å². The molecule has 1 N–H and O–H groups in total. The minimum Gasteiger partial charge on any atom is -0.342 e. The van der Waals surface area contributed by atoms with E-state index >= 15 is 0 Å². The number of carbonyl (C=O) groups excluding carboxylic acids is 1. The third kappa shape index (κ3) is 2.33. The van der Waals surface area contributed by atoms with Crippen LogP contribution < -0.4 is 5.32 Å². The monoisotopic (exact) mass is 210 g/mol. The Bertz CT molecular complexity index is 242. The van der Waals surface area contributed by atoms with E-state index in [4.69, 9.17) is 0 Å². The van der Waals surface area contributed by atoms with E-state index in [0.29, 0.717) is 17.7 Å². The van der Waals surface area contributed by atoms with E-state index in [9.17, 15) is 4.79 Å². The smallest absolute Gasteiger partial charge is 0.227 e. The molecule has 2 aliphatic heterocycles. The van der Waals surface area contributed by atoms with Gasteiger partial charge in [-0.25, -0.2) is 0 Å². The topological polar surface area (TPSA) is 32.3 Å². The molecule has 86 valence electrons. The molecule has 0 bridgehead atoms. The van der Waals surface area contributed by atoms with Gasteiger partial charge >= 0.3 is 0 Å². The van der Waals surface area contributed by atoms with Crippen molar-refractivity contribution in [1.82, 2.24) is 10.2 Å². The summed E-state index contributed by atoms with van der Waals surface area (Å²) in [7, 11) is 0. The third-order valence-corrected chi connectivity index (χ3v) is 3.80. The van der Waals surface area contributed by atoms with Crippen molar-refractivity contribution in [2.24, 2.45) is 17.8 Å². The number of hydrogen-bond acceptors (Lipinski definition) is 2. The zero-order valence-electron chi connectivity index (χ0n) is 9.83. The molecule has 0 aliphatic carbocycles. The van der Waals surface area contributed by atoms with Crippen LogP contribution in [0.1, 0.15) is 26.7 Å². The van der Waals surface area contributed by atoms with Crippen LogP contribution in [0, 0.1) is 17.8 Å². The van der Waals surface area contributed by atoms with Crippen molar-refractivity contribution in [2.45, 2.75) is 26.7 Å². The average molecular weight is 210 g/mol. The number of hydrogen-bond donors (Lipinski definition) is 1. The lowest BCUT2D eigenvalue weighted by Gasteiger charge is -2.33. The summed E-state index contributed by atoms with van der Waals surface area (Å²) < 4.78 is 0. The lowest BCUT2D eigenvalue weighted by Crippen LogP contribution is -2.44. The normalized spacial score (nSPS) is 36.9. The second-order valence-electron chi connectivity index (χ2n) is 5.27. The number of piperidine rings is 1. The summed E-state index contributed by atoms with van der Waals surface area (Å²) in [6.07, 6.45) is 2.46. The van der Waals surface area contributed by atoms with Crippen LogP contribution in [0.2, 0.25) is 0 Å². The third-order valence-electron chi connectivity index (χ3n) is 3.80. The van der Waals surface area contributed by atoms with Gasteiger partial charge in [-0.1, -0.05) is 13.8 Å². The molecule has 2 rings (SSSR count). The largest absolute Gasteiger partial charge is 0.342 e. The molecule has 0 spiro atoms. The number of likely N-dealkylation sites (tertiary alicyclic amines) is 1. The molecular weight excluding hydrogens is 188 g/mol. The minimum atomic E-state index is 0.232. The lowest BCUT2D eigenvalue weighted by molar-refractivity contribution is -0.137. The van der Waals surface area contributed by atoms with Gasteiger partial charge in [0.05, 0.1) is 5.92 Å². The molecule has 2 fully saturated rings. The number of rotatable bonds is 1. The van der Waals surface area contributed by atoms with Crippen LogP contribution in [0.4, 0.5) is 0 Å². The predicted octanol–water partition coefficient (Wildman–Crippen LogP) is 1.10. The number of carbonyl (C=O) groups is 1. The van der Waals surface area contributed by atoms with Gasteiger partial charge in [0.25, 0.3) is 0 Å². The van der Waals surface area contributed by atoms with Crippen molar-refractivity contribution in [3.05, 3.63) is 0 Å². The molecule has 15 heavy (non-hydrogen) atoms. The van der Waals surface area contributed by atoms with E-state index < -0.39 is 0 Å². The Morgan fingerprint density at radius 2 is 2.13 bits per heavy atom. The molecule has 3 heteroatoms. The molecule has 3 atom stereocenters. The summed E-state index contributed by atoms with van der Waals surface area (Å²) in [4.78, 5) is 14.3. The molecule has 0 saturated carbocycles. The summed E-state index contributed by atoms with van der Waals surface area (Å²) in [5.41, 5.74) is 0. The van der Waals surface area contributed by atoms with Gasteiger partial charge in [0.1, 0.15) is 0 Å². The minimum absolute atomic E-state index is 0.232. The van der Waals surface area contributed by atoms with Gasteiger partial charge in [-0.3, -0.25) is 4.79 Å². The molecule has 0 radical (unpaired) electrons. The van der Waals surface area contributed by atoms with E-state index in [-0.39, 0.29) is 5.92 Å². The molecule has 0 aromatic carbocycles. The van der Waals surface area contributed by atoms with E-state index in [0.717, 1.165) is 26.2 Å². The fourth-order valence-electron chi connectivity index (χ4n) is 2.76. The molecule has 2 heterocycles. The van der Waals surface area contributed by atoms with Gasteiger partial charge in [0, 0.05) is 19.6 Å². The quantitative estimate of drug-likeness (QED) is 0.703. The Balaban J connectivity index is 1.94. The Morgan fingerprint density at radius 1 is 1.33 bits per heavy atom. The highest BCUT2D eigenvalue weighted by Gasteiger charge is 2.33. The highest BCUT2D eigenvalue weighted by atomic mass is 16.2. The van der Waals surface area contributed by atoms with Crippen LogP contribution in [0.5, 0.6) is 0 Å². The second-order valence-corrected chi connectivity index (χ2v) is 5.27. The van der Waals surface area contributed by atoms with E-state index in [1.54, 1.807) is 0 Å². The fraction of sp³-hybridized carbons (Fsp3) is 0.917. The first kappa shape index (κ1) is 10.9. The van der Waals surface area contributed by atoms with Crippen molar-refractivity contribution in [1.29, 1.82) is 0 Å². The fourth-order valence-corrected chi connectivity index (χ4v) is 2.76. The molecule has 2 saturated heterocycles. The van der Waals surface area contributed by atoms with Gasteiger partial charge in [0.2, 0.25) is 5.91 Å². The van der Waals surface area contributed by atoms with Crippen LogP contribution in [0.15, 0.2) is 0 Å². The van der Waals surface area contributed by atoms with Gasteiger partial charge < -0.3 is 10.2 Å². The van der Waals surface area contributed by atoms with Crippen molar-refractivity contribution in [3.8, 4) is 0 Å². The first-order valence-electron chi connectivity index (χ1n) is 6.18. The van der Waals surface area contributed by atoms with Crippen LogP contribution in [0.3, 0.4) is 0 Å².